The Morgan fingerprint density at radius 3 is 2.92 bits per heavy atom. The maximum absolute atomic E-state index is 8.99. The van der Waals surface area contributed by atoms with Crippen molar-refractivity contribution in [1.82, 2.24) is 4.98 Å². The molecule has 0 amide bonds. The molecular formula is C8H8ClNO2. The first-order valence-electron chi connectivity index (χ1n) is 3.65. The number of nitrogens with zero attached hydrogens (tertiary/aromatic N) is 1. The van der Waals surface area contributed by atoms with E-state index in [1.54, 1.807) is 18.2 Å². The van der Waals surface area contributed by atoms with E-state index in [1.807, 2.05) is 0 Å². The zero-order valence-electron chi connectivity index (χ0n) is 6.33. The van der Waals surface area contributed by atoms with Crippen LogP contribution in [-0.2, 0) is 10.3 Å². The molecule has 0 bridgehead atoms. The molecule has 0 aliphatic carbocycles. The minimum absolute atomic E-state index is 0.0413. The van der Waals surface area contributed by atoms with Crippen LogP contribution < -0.4 is 0 Å². The summed E-state index contributed by atoms with van der Waals surface area (Å²) < 4.78 is 5.12. The van der Waals surface area contributed by atoms with Gasteiger partial charge in [-0.2, -0.15) is 0 Å². The molecule has 1 N–H and O–H groups in total. The smallest absolute Gasteiger partial charge is 0.156 e. The van der Waals surface area contributed by atoms with E-state index >= 15 is 0 Å². The fraction of sp³-hybridized carbons (Fsp3) is 0.375. The van der Waals surface area contributed by atoms with Gasteiger partial charge in [0, 0.05) is 0 Å². The minimum Gasteiger partial charge on any atom is -0.393 e. The summed E-state index contributed by atoms with van der Waals surface area (Å²) in [6.07, 6.45) is 0. The van der Waals surface area contributed by atoms with Gasteiger partial charge in [0.25, 0.3) is 0 Å². The summed E-state index contributed by atoms with van der Waals surface area (Å²) in [7, 11) is 0. The Bertz CT molecular complexity index is 299. The third-order valence-corrected chi connectivity index (χ3v) is 2.14. The zero-order valence-corrected chi connectivity index (χ0v) is 7.08. The summed E-state index contributed by atoms with van der Waals surface area (Å²) >= 11 is 5.69. The van der Waals surface area contributed by atoms with Crippen molar-refractivity contribution >= 4 is 11.6 Å². The third kappa shape index (κ3) is 1.20. The molecule has 1 aromatic heterocycles. The van der Waals surface area contributed by atoms with Gasteiger partial charge in [-0.05, 0) is 12.1 Å². The summed E-state index contributed by atoms with van der Waals surface area (Å²) in [5.74, 6) is 0. The first-order chi connectivity index (χ1) is 5.77. The predicted octanol–water partition coefficient (Wildman–Crippen LogP) is 0.953. The average Bonchev–Trinajstić information content (AvgIpc) is 2.84. The van der Waals surface area contributed by atoms with Crippen LogP contribution in [0.1, 0.15) is 5.69 Å². The number of rotatable bonds is 2. The van der Waals surface area contributed by atoms with Crippen LogP contribution in [0.5, 0.6) is 0 Å². The van der Waals surface area contributed by atoms with Gasteiger partial charge >= 0.3 is 0 Å². The van der Waals surface area contributed by atoms with E-state index in [1.165, 1.54) is 0 Å². The molecule has 1 aliphatic rings. The van der Waals surface area contributed by atoms with Crippen LogP contribution in [0, 0.1) is 0 Å². The normalized spacial score (nSPS) is 27.2. The summed E-state index contributed by atoms with van der Waals surface area (Å²) in [5, 5.41) is 9.42. The monoisotopic (exact) mass is 185 g/mol. The molecule has 4 heteroatoms. The second-order valence-corrected chi connectivity index (χ2v) is 3.17. The lowest BCUT2D eigenvalue weighted by atomic mass is 10.1. The Hall–Kier alpha value is -0.640. The number of halogens is 1. The number of hydrogen-bond acceptors (Lipinski definition) is 3. The van der Waals surface area contributed by atoms with Crippen LogP contribution in [0.3, 0.4) is 0 Å². The second-order valence-electron chi connectivity index (χ2n) is 2.79. The van der Waals surface area contributed by atoms with Crippen molar-refractivity contribution in [2.24, 2.45) is 0 Å². The third-order valence-electron chi connectivity index (χ3n) is 1.93. The number of ether oxygens (including phenoxy) is 1. The predicted molar refractivity (Wildman–Crippen MR) is 44.0 cm³/mol. The molecule has 0 unspecified atom stereocenters. The van der Waals surface area contributed by atoms with Crippen molar-refractivity contribution in [2.75, 3.05) is 13.2 Å². The van der Waals surface area contributed by atoms with Crippen LogP contribution in [0.2, 0.25) is 5.15 Å². The Labute approximate surface area is 75.0 Å². The van der Waals surface area contributed by atoms with Crippen LogP contribution in [0.25, 0.3) is 0 Å². The van der Waals surface area contributed by atoms with E-state index in [2.05, 4.69) is 4.98 Å². The highest BCUT2D eigenvalue weighted by Crippen LogP contribution is 2.36. The van der Waals surface area contributed by atoms with Crippen LogP contribution in [0.15, 0.2) is 18.2 Å². The van der Waals surface area contributed by atoms with E-state index in [4.69, 9.17) is 21.4 Å². The van der Waals surface area contributed by atoms with Crippen molar-refractivity contribution in [2.45, 2.75) is 5.60 Å². The summed E-state index contributed by atoms with van der Waals surface area (Å²) in [6, 6.07) is 5.29. The molecule has 0 radical (unpaired) electrons. The van der Waals surface area contributed by atoms with Gasteiger partial charge in [-0.1, -0.05) is 17.7 Å². The molecule has 0 spiro atoms. The van der Waals surface area contributed by atoms with Crippen LogP contribution >= 0.6 is 11.6 Å². The molecule has 1 fully saturated rings. The maximum Gasteiger partial charge on any atom is 0.156 e. The molecular weight excluding hydrogens is 178 g/mol. The molecule has 64 valence electrons. The number of hydrogen-bond donors (Lipinski definition) is 1. The molecule has 1 aromatic rings. The van der Waals surface area contributed by atoms with E-state index in [-0.39, 0.29) is 6.61 Å². The van der Waals surface area contributed by atoms with Gasteiger partial charge in [0.05, 0.1) is 18.9 Å². The van der Waals surface area contributed by atoms with Crippen molar-refractivity contribution in [3.05, 3.63) is 29.0 Å². The number of aromatic nitrogens is 1. The summed E-state index contributed by atoms with van der Waals surface area (Å²) in [5.41, 5.74) is 0.141. The number of epoxide rings is 1. The van der Waals surface area contributed by atoms with Crippen LogP contribution in [-0.4, -0.2) is 23.3 Å². The highest BCUT2D eigenvalue weighted by atomic mass is 35.5. The van der Waals surface area contributed by atoms with Crippen LogP contribution in [0.4, 0.5) is 0 Å². The van der Waals surface area contributed by atoms with Gasteiger partial charge in [0.2, 0.25) is 0 Å². The maximum atomic E-state index is 8.99. The molecule has 1 saturated heterocycles. The molecule has 3 nitrogen and oxygen atoms in total. The van der Waals surface area contributed by atoms with Gasteiger partial charge in [-0.25, -0.2) is 4.98 Å². The largest absolute Gasteiger partial charge is 0.393 e. The first kappa shape index (κ1) is 7.98. The second kappa shape index (κ2) is 2.69. The molecule has 12 heavy (non-hydrogen) atoms. The van der Waals surface area contributed by atoms with Gasteiger partial charge in [0.15, 0.2) is 5.60 Å². The highest BCUT2D eigenvalue weighted by Gasteiger charge is 2.47. The van der Waals surface area contributed by atoms with Crippen molar-refractivity contribution in [1.29, 1.82) is 0 Å². The molecule has 2 heterocycles. The summed E-state index contributed by atoms with van der Waals surface area (Å²) in [6.45, 7) is 0.483. The topological polar surface area (TPSA) is 45.7 Å². The number of aliphatic hydroxyl groups is 1. The van der Waals surface area contributed by atoms with E-state index < -0.39 is 5.60 Å². The Morgan fingerprint density at radius 2 is 2.42 bits per heavy atom. The lowest BCUT2D eigenvalue weighted by molar-refractivity contribution is 0.169. The Morgan fingerprint density at radius 1 is 1.67 bits per heavy atom. The molecule has 0 aromatic carbocycles. The fourth-order valence-corrected chi connectivity index (χ4v) is 1.23. The molecule has 2 rings (SSSR count). The molecule has 1 aliphatic heterocycles. The Balaban J connectivity index is 2.34. The number of pyridine rings is 1. The standard InChI is InChI=1S/C8H8ClNO2/c9-7-3-1-2-6(10-7)8(4-11)5-12-8/h1-3,11H,4-5H2/t8-/m1/s1. The summed E-state index contributed by atoms with van der Waals surface area (Å²) in [4.78, 5) is 4.06. The number of aliphatic hydroxyl groups excluding tert-OH is 1. The lowest BCUT2D eigenvalue weighted by Gasteiger charge is -2.06. The van der Waals surface area contributed by atoms with Gasteiger partial charge < -0.3 is 9.84 Å². The Kier molecular flexibility index (Phi) is 1.79. The van der Waals surface area contributed by atoms with Gasteiger partial charge in [0.1, 0.15) is 5.15 Å². The highest BCUT2D eigenvalue weighted by molar-refractivity contribution is 6.29. The quantitative estimate of drug-likeness (QED) is 0.551. The average molecular weight is 186 g/mol. The van der Waals surface area contributed by atoms with Crippen molar-refractivity contribution < 1.29 is 9.84 Å². The van der Waals surface area contributed by atoms with E-state index in [0.717, 1.165) is 0 Å². The van der Waals surface area contributed by atoms with Crippen molar-refractivity contribution in [3.63, 3.8) is 0 Å². The molecule has 0 saturated carbocycles. The van der Waals surface area contributed by atoms with E-state index in [9.17, 15) is 0 Å². The minimum atomic E-state index is -0.565. The first-order valence-corrected chi connectivity index (χ1v) is 4.02. The SMILES string of the molecule is OC[C@]1(c2cccc(Cl)n2)CO1. The van der Waals surface area contributed by atoms with Crippen molar-refractivity contribution in [3.8, 4) is 0 Å². The fourth-order valence-electron chi connectivity index (χ4n) is 1.07. The zero-order chi connectivity index (χ0) is 8.60. The van der Waals surface area contributed by atoms with E-state index in [0.29, 0.717) is 17.5 Å². The molecule has 1 atom stereocenters. The van der Waals surface area contributed by atoms with Gasteiger partial charge in [-0.3, -0.25) is 0 Å². The lowest BCUT2D eigenvalue weighted by Crippen LogP contribution is -2.15. The van der Waals surface area contributed by atoms with Gasteiger partial charge in [-0.15, -0.1) is 0 Å².